The molecule has 0 unspecified atom stereocenters. The predicted molar refractivity (Wildman–Crippen MR) is 169 cm³/mol. The molecule has 1 aromatic carbocycles. The van der Waals surface area contributed by atoms with Crippen LogP contribution in [0.15, 0.2) is 36.9 Å². The van der Waals surface area contributed by atoms with E-state index in [1.807, 2.05) is 19.9 Å². The van der Waals surface area contributed by atoms with Crippen molar-refractivity contribution in [2.24, 2.45) is 16.7 Å². The number of rotatable bonds is 7. The zero-order valence-electron chi connectivity index (χ0n) is 28.0. The molecule has 254 valence electrons. The molecule has 0 bridgehead atoms. The molecular formula is C35H50N2O9. The van der Waals surface area contributed by atoms with Gasteiger partial charge in [-0.3, -0.25) is 9.69 Å². The van der Waals surface area contributed by atoms with Crippen molar-refractivity contribution >= 4 is 17.7 Å². The van der Waals surface area contributed by atoms with E-state index in [1.54, 1.807) is 32.0 Å². The fourth-order valence-electron chi connectivity index (χ4n) is 8.92. The van der Waals surface area contributed by atoms with Gasteiger partial charge in [0.2, 0.25) is 0 Å². The summed E-state index contributed by atoms with van der Waals surface area (Å²) in [5, 5.41) is 36.0. The van der Waals surface area contributed by atoms with Crippen molar-refractivity contribution in [2.45, 2.75) is 95.5 Å². The molecule has 4 aliphatic rings. The third-order valence-corrected chi connectivity index (χ3v) is 11.5. The molecule has 2 saturated heterocycles. The largest absolute Gasteiger partial charge is 0.454 e. The van der Waals surface area contributed by atoms with Crippen LogP contribution in [0.5, 0.6) is 0 Å². The van der Waals surface area contributed by atoms with E-state index in [9.17, 15) is 29.7 Å². The Hall–Kier alpha value is -2.67. The summed E-state index contributed by atoms with van der Waals surface area (Å²) in [7, 11) is 2.09. The van der Waals surface area contributed by atoms with E-state index in [0.29, 0.717) is 19.4 Å². The SMILES string of the molecule is C=C[C@@]1(C)CC(=O)[C@]2(O)[C@@]3(C)[C@@H](O)CCC(C)(C)[C@@H]3[C@H](O)[C@H](OC(=O)COC(=O)c3cccc(CN4CCN(C)CC4)c3)[C@@]2(C)O1. The van der Waals surface area contributed by atoms with Gasteiger partial charge in [0.15, 0.2) is 24.1 Å². The van der Waals surface area contributed by atoms with E-state index < -0.39 is 76.2 Å². The molecule has 46 heavy (non-hydrogen) atoms. The molecule has 4 fully saturated rings. The summed E-state index contributed by atoms with van der Waals surface area (Å²) in [6.07, 6.45) is -2.10. The molecule has 5 rings (SSSR count). The van der Waals surface area contributed by atoms with Crippen LogP contribution in [0.4, 0.5) is 0 Å². The minimum atomic E-state index is -2.34. The van der Waals surface area contributed by atoms with Crippen LogP contribution in [-0.2, 0) is 30.3 Å². The fourth-order valence-corrected chi connectivity index (χ4v) is 8.92. The molecule has 11 heteroatoms. The summed E-state index contributed by atoms with van der Waals surface area (Å²) in [6.45, 7) is 16.0. The maximum atomic E-state index is 14.0. The first kappa shape index (κ1) is 34.7. The second kappa shape index (κ2) is 12.1. The second-order valence-electron chi connectivity index (χ2n) is 15.1. The van der Waals surface area contributed by atoms with Crippen molar-refractivity contribution in [1.82, 2.24) is 9.80 Å². The minimum Gasteiger partial charge on any atom is -0.454 e. The number of hydrogen-bond donors (Lipinski definition) is 3. The molecule has 8 atom stereocenters. The first-order valence-corrected chi connectivity index (χ1v) is 16.2. The highest BCUT2D eigenvalue weighted by Crippen LogP contribution is 2.67. The number of carbonyl (C=O) groups is 3. The Morgan fingerprint density at radius 3 is 2.43 bits per heavy atom. The van der Waals surface area contributed by atoms with Crippen molar-refractivity contribution in [3.8, 4) is 0 Å². The van der Waals surface area contributed by atoms with Gasteiger partial charge in [-0.1, -0.05) is 39.0 Å². The number of aliphatic hydroxyl groups is 3. The van der Waals surface area contributed by atoms with Crippen LogP contribution in [0.25, 0.3) is 0 Å². The summed E-state index contributed by atoms with van der Waals surface area (Å²) in [4.78, 5) is 45.0. The number of aliphatic hydroxyl groups excluding tert-OH is 2. The summed E-state index contributed by atoms with van der Waals surface area (Å²) < 4.78 is 17.6. The molecule has 0 radical (unpaired) electrons. The van der Waals surface area contributed by atoms with Gasteiger partial charge >= 0.3 is 11.9 Å². The lowest BCUT2D eigenvalue weighted by molar-refractivity contribution is -0.370. The number of nitrogens with zero attached hydrogens (tertiary/aromatic N) is 2. The van der Waals surface area contributed by atoms with E-state index in [1.165, 1.54) is 13.0 Å². The molecule has 0 amide bonds. The number of carbonyl (C=O) groups excluding carboxylic acids is 3. The van der Waals surface area contributed by atoms with Gasteiger partial charge in [0.25, 0.3) is 0 Å². The van der Waals surface area contributed by atoms with E-state index in [4.69, 9.17) is 14.2 Å². The molecule has 0 aromatic heterocycles. The number of esters is 2. The molecule has 1 aromatic rings. The van der Waals surface area contributed by atoms with Gasteiger partial charge in [-0.05, 0) is 56.8 Å². The first-order valence-electron chi connectivity index (χ1n) is 16.2. The molecular weight excluding hydrogens is 592 g/mol. The van der Waals surface area contributed by atoms with Crippen molar-refractivity contribution in [3.63, 3.8) is 0 Å². The van der Waals surface area contributed by atoms with Crippen molar-refractivity contribution in [1.29, 1.82) is 0 Å². The van der Waals surface area contributed by atoms with Crippen molar-refractivity contribution < 1.29 is 43.9 Å². The Kier molecular flexibility index (Phi) is 9.11. The number of ketones is 1. The van der Waals surface area contributed by atoms with Gasteiger partial charge in [-0.2, -0.15) is 0 Å². The van der Waals surface area contributed by atoms with Crippen LogP contribution < -0.4 is 0 Å². The lowest BCUT2D eigenvalue weighted by atomic mass is 9.40. The summed E-state index contributed by atoms with van der Waals surface area (Å²) in [5.41, 5.74) is -6.53. The normalized spacial score (nSPS) is 39.5. The molecule has 2 aliphatic carbocycles. The number of Topliss-reactive ketones (excluding diaryl/α,β-unsaturated/α-hetero) is 1. The third kappa shape index (κ3) is 5.52. The maximum Gasteiger partial charge on any atom is 0.344 e. The van der Waals surface area contributed by atoms with Gasteiger partial charge in [0.1, 0.15) is 5.60 Å². The van der Waals surface area contributed by atoms with Crippen LogP contribution in [-0.4, -0.2) is 118 Å². The van der Waals surface area contributed by atoms with Crippen LogP contribution in [0.2, 0.25) is 0 Å². The third-order valence-electron chi connectivity index (χ3n) is 11.5. The van der Waals surface area contributed by atoms with E-state index in [-0.39, 0.29) is 12.0 Å². The van der Waals surface area contributed by atoms with Gasteiger partial charge < -0.3 is 34.4 Å². The van der Waals surface area contributed by atoms with Gasteiger partial charge in [-0.15, -0.1) is 6.58 Å². The number of benzene rings is 1. The Labute approximate surface area is 271 Å². The minimum absolute atomic E-state index is 0.222. The molecule has 2 heterocycles. The Bertz CT molecular complexity index is 1380. The summed E-state index contributed by atoms with van der Waals surface area (Å²) >= 11 is 0. The topological polar surface area (TPSA) is 146 Å². The van der Waals surface area contributed by atoms with Gasteiger partial charge in [0.05, 0.1) is 23.4 Å². The smallest absolute Gasteiger partial charge is 0.344 e. The molecule has 0 spiro atoms. The average molecular weight is 643 g/mol. The Morgan fingerprint density at radius 1 is 1.11 bits per heavy atom. The van der Waals surface area contributed by atoms with Crippen LogP contribution in [0.3, 0.4) is 0 Å². The van der Waals surface area contributed by atoms with Crippen LogP contribution >= 0.6 is 0 Å². The van der Waals surface area contributed by atoms with Gasteiger partial charge in [0, 0.05) is 50.5 Å². The molecule has 11 nitrogen and oxygen atoms in total. The highest BCUT2D eigenvalue weighted by Gasteiger charge is 2.81. The first-order chi connectivity index (χ1) is 21.4. The summed E-state index contributed by atoms with van der Waals surface area (Å²) in [5.74, 6) is -3.14. The van der Waals surface area contributed by atoms with E-state index in [0.717, 1.165) is 31.7 Å². The number of likely N-dealkylation sites (N-methyl/N-ethyl adjacent to an activating group) is 1. The average Bonchev–Trinajstić information content (AvgIpc) is 2.99. The molecule has 2 aliphatic heterocycles. The molecule has 2 saturated carbocycles. The van der Waals surface area contributed by atoms with Crippen LogP contribution in [0, 0.1) is 16.7 Å². The van der Waals surface area contributed by atoms with Crippen molar-refractivity contribution in [3.05, 3.63) is 48.0 Å². The lowest BCUT2D eigenvalue weighted by Gasteiger charge is -2.71. The monoisotopic (exact) mass is 642 g/mol. The highest BCUT2D eigenvalue weighted by molar-refractivity contribution is 5.93. The highest BCUT2D eigenvalue weighted by atomic mass is 16.6. The number of fused-ring (bicyclic) bond motifs is 3. The lowest BCUT2D eigenvalue weighted by Crippen LogP contribution is -2.86. The number of piperazine rings is 1. The standard InChI is InChI=1S/C35H50N2O9/c1-8-32(4)19-25(39)35(43)33(5)24(38)12-13-31(2,3)28(33)27(41)29(34(35,6)46-32)45-26(40)21-44-30(42)23-11-9-10-22(18-23)20-37-16-14-36(7)15-17-37/h8-11,18,24,27-29,38,41,43H,1,12-17,19-21H2,2-7H3/t24-,27-,28-,29-,32-,33-,34+,35-/m0/s1. The zero-order chi connectivity index (χ0) is 33.9. The van der Waals surface area contributed by atoms with Crippen LogP contribution in [0.1, 0.15) is 69.8 Å². The van der Waals surface area contributed by atoms with E-state index >= 15 is 0 Å². The van der Waals surface area contributed by atoms with Gasteiger partial charge in [-0.25, -0.2) is 9.59 Å². The number of hydrogen-bond acceptors (Lipinski definition) is 11. The predicted octanol–water partition coefficient (Wildman–Crippen LogP) is 2.10. The summed E-state index contributed by atoms with van der Waals surface area (Å²) in [6, 6.07) is 7.07. The Morgan fingerprint density at radius 2 is 1.78 bits per heavy atom. The fraction of sp³-hybridized carbons (Fsp3) is 0.686. The maximum absolute atomic E-state index is 14.0. The number of ether oxygens (including phenoxy) is 3. The zero-order valence-corrected chi connectivity index (χ0v) is 28.0. The molecule has 3 N–H and O–H groups in total. The Balaban J connectivity index is 1.37. The van der Waals surface area contributed by atoms with E-state index in [2.05, 4.69) is 23.4 Å². The second-order valence-corrected chi connectivity index (χ2v) is 15.1. The van der Waals surface area contributed by atoms with Crippen molar-refractivity contribution in [2.75, 3.05) is 39.8 Å². The quantitative estimate of drug-likeness (QED) is 0.297.